The minimum atomic E-state index is -5.11. The Hall–Kier alpha value is -4.14. The Morgan fingerprint density at radius 3 is 1.84 bits per heavy atom. The Labute approximate surface area is 181 Å². The van der Waals surface area contributed by atoms with Gasteiger partial charge in [-0.1, -0.05) is 48.5 Å². The maximum Gasteiger partial charge on any atom is 0.472 e. The molecule has 3 aromatic carbocycles. The minimum Gasteiger partial charge on any atom is -0.304 e. The van der Waals surface area contributed by atoms with Crippen LogP contribution in [0.5, 0.6) is 0 Å². The van der Waals surface area contributed by atoms with Gasteiger partial charge in [0.2, 0.25) is 0 Å². The number of halogens is 3. The third kappa shape index (κ3) is 5.72. The number of alkyl halides is 3. The van der Waals surface area contributed by atoms with Gasteiger partial charge in [0.25, 0.3) is 11.8 Å². The van der Waals surface area contributed by atoms with Crippen LogP contribution in [0.3, 0.4) is 0 Å². The number of hydrazine groups is 1. The van der Waals surface area contributed by atoms with Crippen molar-refractivity contribution in [2.75, 3.05) is 4.90 Å². The third-order valence-electron chi connectivity index (χ3n) is 4.44. The standard InChI is InChI=1S/C23H18F3N3O3/c24-23(25,26)22(32)28-27-20(30)17-13-11-16(12-14-17)15-29(19-9-5-2-6-10-19)21(31)18-7-3-1-4-8-18/h1-14H,15H2,(H,27,30)(H,28,32). The molecule has 3 amide bonds. The molecule has 0 aromatic heterocycles. The summed E-state index contributed by atoms with van der Waals surface area (Å²) in [6.07, 6.45) is -5.11. The van der Waals surface area contributed by atoms with Crippen molar-refractivity contribution in [3.63, 3.8) is 0 Å². The zero-order valence-electron chi connectivity index (χ0n) is 16.6. The Bertz CT molecular complexity index is 1090. The average molecular weight is 441 g/mol. The van der Waals surface area contributed by atoms with E-state index in [1.54, 1.807) is 58.9 Å². The van der Waals surface area contributed by atoms with Crippen LogP contribution in [0.25, 0.3) is 0 Å². The lowest BCUT2D eigenvalue weighted by Gasteiger charge is -2.23. The van der Waals surface area contributed by atoms with E-state index in [2.05, 4.69) is 0 Å². The first-order chi connectivity index (χ1) is 15.3. The molecule has 0 unspecified atom stereocenters. The number of anilines is 1. The van der Waals surface area contributed by atoms with Crippen molar-refractivity contribution in [2.45, 2.75) is 12.7 Å². The van der Waals surface area contributed by atoms with Crippen molar-refractivity contribution in [1.82, 2.24) is 10.9 Å². The molecule has 0 saturated carbocycles. The van der Waals surface area contributed by atoms with Gasteiger partial charge in [0.15, 0.2) is 0 Å². The summed E-state index contributed by atoms with van der Waals surface area (Å²) >= 11 is 0. The predicted molar refractivity (Wildman–Crippen MR) is 112 cm³/mol. The van der Waals surface area contributed by atoms with Crippen molar-refractivity contribution < 1.29 is 27.6 Å². The Kier molecular flexibility index (Phi) is 6.89. The highest BCUT2D eigenvalue weighted by Gasteiger charge is 2.39. The second-order valence-corrected chi connectivity index (χ2v) is 6.70. The average Bonchev–Trinajstić information content (AvgIpc) is 2.81. The quantitative estimate of drug-likeness (QED) is 0.591. The number of nitrogens with one attached hydrogen (secondary N) is 2. The molecule has 0 saturated heterocycles. The highest BCUT2D eigenvalue weighted by atomic mass is 19.4. The number of hydrogen-bond donors (Lipinski definition) is 2. The molecule has 0 aliphatic carbocycles. The van der Waals surface area contributed by atoms with E-state index in [-0.39, 0.29) is 18.0 Å². The van der Waals surface area contributed by atoms with Crippen LogP contribution < -0.4 is 15.8 Å². The summed E-state index contributed by atoms with van der Waals surface area (Å²) in [5.41, 5.74) is 4.93. The van der Waals surface area contributed by atoms with Gasteiger partial charge in [-0.3, -0.25) is 25.2 Å². The van der Waals surface area contributed by atoms with E-state index in [1.807, 2.05) is 24.3 Å². The number of benzene rings is 3. The largest absolute Gasteiger partial charge is 0.472 e. The van der Waals surface area contributed by atoms with Gasteiger partial charge in [-0.05, 0) is 42.0 Å². The monoisotopic (exact) mass is 441 g/mol. The van der Waals surface area contributed by atoms with Gasteiger partial charge in [0.05, 0.1) is 6.54 Å². The predicted octanol–water partition coefficient (Wildman–Crippen LogP) is 3.86. The molecule has 0 heterocycles. The normalized spacial score (nSPS) is 10.8. The van der Waals surface area contributed by atoms with E-state index in [0.29, 0.717) is 16.8 Å². The number of hydrogen-bond acceptors (Lipinski definition) is 3. The molecule has 0 radical (unpaired) electrons. The second-order valence-electron chi connectivity index (χ2n) is 6.70. The first-order valence-electron chi connectivity index (χ1n) is 9.44. The lowest BCUT2D eigenvalue weighted by Crippen LogP contribution is -2.47. The van der Waals surface area contributed by atoms with E-state index in [1.165, 1.54) is 17.6 Å². The fourth-order valence-corrected chi connectivity index (χ4v) is 2.83. The molecule has 0 fully saturated rings. The van der Waals surface area contributed by atoms with Crippen LogP contribution in [0.2, 0.25) is 0 Å². The zero-order valence-corrected chi connectivity index (χ0v) is 16.6. The number of para-hydroxylation sites is 1. The summed E-state index contributed by atoms with van der Waals surface area (Å²) in [7, 11) is 0. The fourth-order valence-electron chi connectivity index (χ4n) is 2.83. The molecule has 3 aromatic rings. The molecule has 9 heteroatoms. The molecule has 6 nitrogen and oxygen atoms in total. The summed E-state index contributed by atoms with van der Waals surface area (Å²) in [6, 6.07) is 23.7. The van der Waals surface area contributed by atoms with Crippen LogP contribution in [-0.2, 0) is 11.3 Å². The third-order valence-corrected chi connectivity index (χ3v) is 4.44. The Morgan fingerprint density at radius 2 is 1.28 bits per heavy atom. The van der Waals surface area contributed by atoms with Gasteiger partial charge in [-0.25, -0.2) is 0 Å². The van der Waals surface area contributed by atoms with Crippen molar-refractivity contribution in [3.05, 3.63) is 102 Å². The van der Waals surface area contributed by atoms with Crippen LogP contribution in [0.4, 0.5) is 18.9 Å². The number of carbonyl (C=O) groups excluding carboxylic acids is 3. The van der Waals surface area contributed by atoms with Crippen LogP contribution in [0.15, 0.2) is 84.9 Å². The van der Waals surface area contributed by atoms with Crippen LogP contribution in [0, 0.1) is 0 Å². The van der Waals surface area contributed by atoms with Crippen LogP contribution in [0.1, 0.15) is 26.3 Å². The summed E-state index contributed by atoms with van der Waals surface area (Å²) in [6.45, 7) is 0.199. The van der Waals surface area contributed by atoms with Crippen molar-refractivity contribution in [2.24, 2.45) is 0 Å². The smallest absolute Gasteiger partial charge is 0.304 e. The highest BCUT2D eigenvalue weighted by molar-refractivity contribution is 6.06. The number of carbonyl (C=O) groups is 3. The number of nitrogens with zero attached hydrogens (tertiary/aromatic N) is 1. The summed E-state index contributed by atoms with van der Waals surface area (Å²) in [4.78, 5) is 37.4. The molecule has 0 aliphatic heterocycles. The fraction of sp³-hybridized carbons (Fsp3) is 0.0870. The van der Waals surface area contributed by atoms with Crippen LogP contribution >= 0.6 is 0 Å². The lowest BCUT2D eigenvalue weighted by atomic mass is 10.1. The summed E-state index contributed by atoms with van der Waals surface area (Å²) in [5, 5.41) is 0. The molecule has 32 heavy (non-hydrogen) atoms. The Morgan fingerprint density at radius 1 is 0.719 bits per heavy atom. The van der Waals surface area contributed by atoms with E-state index < -0.39 is 18.0 Å². The molecule has 164 valence electrons. The van der Waals surface area contributed by atoms with Crippen LogP contribution in [-0.4, -0.2) is 23.9 Å². The van der Waals surface area contributed by atoms with Crippen molar-refractivity contribution in [1.29, 1.82) is 0 Å². The van der Waals surface area contributed by atoms with Gasteiger partial charge in [0.1, 0.15) is 0 Å². The molecule has 2 N–H and O–H groups in total. The van der Waals surface area contributed by atoms with Gasteiger partial charge < -0.3 is 4.90 Å². The SMILES string of the molecule is O=C(NNC(=O)C(F)(F)F)c1ccc(CN(C(=O)c2ccccc2)c2ccccc2)cc1. The van der Waals surface area contributed by atoms with E-state index in [9.17, 15) is 27.6 Å². The summed E-state index contributed by atoms with van der Waals surface area (Å²) in [5.74, 6) is -3.40. The molecule has 0 bridgehead atoms. The first kappa shape index (κ1) is 22.5. The number of rotatable bonds is 5. The molecule has 0 aliphatic rings. The minimum absolute atomic E-state index is 0.0388. The van der Waals surface area contributed by atoms with E-state index in [4.69, 9.17) is 0 Å². The molecule has 0 atom stereocenters. The molecule has 0 spiro atoms. The number of amides is 3. The lowest BCUT2D eigenvalue weighted by molar-refractivity contribution is -0.174. The zero-order chi connectivity index (χ0) is 23.1. The maximum absolute atomic E-state index is 13.1. The molecular formula is C23H18F3N3O3. The topological polar surface area (TPSA) is 78.5 Å². The highest BCUT2D eigenvalue weighted by Crippen LogP contribution is 2.20. The maximum atomic E-state index is 13.1. The van der Waals surface area contributed by atoms with Gasteiger partial charge in [-0.2, -0.15) is 13.2 Å². The molecular weight excluding hydrogens is 423 g/mol. The van der Waals surface area contributed by atoms with Crippen molar-refractivity contribution >= 4 is 23.4 Å². The second kappa shape index (κ2) is 9.78. The molecule has 3 rings (SSSR count). The van der Waals surface area contributed by atoms with Gasteiger partial charge >= 0.3 is 12.1 Å². The van der Waals surface area contributed by atoms with Crippen molar-refractivity contribution in [3.8, 4) is 0 Å². The van der Waals surface area contributed by atoms with Gasteiger partial charge in [-0.15, -0.1) is 0 Å². The Balaban J connectivity index is 1.74. The summed E-state index contributed by atoms with van der Waals surface area (Å²) < 4.78 is 36.6. The van der Waals surface area contributed by atoms with E-state index >= 15 is 0 Å². The van der Waals surface area contributed by atoms with E-state index in [0.717, 1.165) is 0 Å². The van der Waals surface area contributed by atoms with Gasteiger partial charge in [0, 0.05) is 16.8 Å². The first-order valence-corrected chi connectivity index (χ1v) is 9.44.